The molecule has 0 amide bonds. The van der Waals surface area contributed by atoms with Crippen molar-refractivity contribution in [2.24, 2.45) is 0 Å². The lowest BCUT2D eigenvalue weighted by Gasteiger charge is -2.43. The van der Waals surface area contributed by atoms with E-state index in [1.165, 1.54) is 68.3 Å². The zero-order valence-corrected chi connectivity index (χ0v) is 13.6. The average Bonchev–Trinajstić information content (AvgIpc) is 3.13. The lowest BCUT2D eigenvalue weighted by molar-refractivity contribution is -0.0172. The molecule has 1 N–H and O–H groups in total. The van der Waals surface area contributed by atoms with Crippen LogP contribution in [0.1, 0.15) is 55.2 Å². The fraction of sp³-hybridized carbons (Fsp3) is 0.684. The number of likely N-dealkylation sites (tertiary alicyclic amines) is 1. The third-order valence-corrected chi connectivity index (χ3v) is 5.83. The minimum absolute atomic E-state index is 0.0648. The summed E-state index contributed by atoms with van der Waals surface area (Å²) in [4.78, 5) is 2.60. The summed E-state index contributed by atoms with van der Waals surface area (Å²) in [6, 6.07) is 6.64. The Bertz CT molecular complexity index is 484. The molecule has 1 heterocycles. The Labute approximate surface area is 129 Å². The van der Waals surface area contributed by atoms with Crippen molar-refractivity contribution in [1.82, 2.24) is 4.90 Å². The number of hydrogen-bond acceptors (Lipinski definition) is 2. The smallest absolute Gasteiger partial charge is 0.0764 e. The van der Waals surface area contributed by atoms with Crippen molar-refractivity contribution in [3.63, 3.8) is 0 Å². The van der Waals surface area contributed by atoms with Gasteiger partial charge in [-0.05, 0) is 69.3 Å². The minimum atomic E-state index is -0.222. The molecular formula is C19H29NO. The predicted octanol–water partition coefficient (Wildman–Crippen LogP) is 3.62. The van der Waals surface area contributed by atoms with E-state index in [0.717, 1.165) is 6.42 Å². The van der Waals surface area contributed by atoms with E-state index in [1.54, 1.807) is 0 Å². The van der Waals surface area contributed by atoms with E-state index >= 15 is 0 Å². The van der Waals surface area contributed by atoms with Crippen molar-refractivity contribution in [3.8, 4) is 0 Å². The molecule has 2 fully saturated rings. The summed E-state index contributed by atoms with van der Waals surface area (Å²) >= 11 is 0. The van der Waals surface area contributed by atoms with Gasteiger partial charge >= 0.3 is 0 Å². The van der Waals surface area contributed by atoms with E-state index in [2.05, 4.69) is 36.9 Å². The summed E-state index contributed by atoms with van der Waals surface area (Å²) in [6.07, 6.45) is 8.10. The van der Waals surface area contributed by atoms with Gasteiger partial charge in [0.1, 0.15) is 0 Å². The standard InChI is InChI=1S/C19H29NO/c1-15-7-8-17(13-16(15)2)14-18(21)19(9-3-4-10-19)20-11-5-6-12-20/h7-8,13,18,21H,3-6,9-12,14H2,1-2H3. The molecule has 1 aliphatic heterocycles. The van der Waals surface area contributed by atoms with Crippen LogP contribution in [-0.4, -0.2) is 34.7 Å². The first-order chi connectivity index (χ1) is 10.1. The summed E-state index contributed by atoms with van der Waals surface area (Å²) in [6.45, 7) is 6.68. The van der Waals surface area contributed by atoms with Crippen molar-refractivity contribution in [2.75, 3.05) is 13.1 Å². The predicted molar refractivity (Wildman–Crippen MR) is 87.6 cm³/mol. The normalized spacial score (nSPS) is 23.6. The van der Waals surface area contributed by atoms with Crippen LogP contribution in [0.2, 0.25) is 0 Å². The van der Waals surface area contributed by atoms with Gasteiger partial charge in [0.15, 0.2) is 0 Å². The summed E-state index contributed by atoms with van der Waals surface area (Å²) < 4.78 is 0. The number of aliphatic hydroxyl groups is 1. The molecule has 0 spiro atoms. The Balaban J connectivity index is 1.77. The topological polar surface area (TPSA) is 23.5 Å². The fourth-order valence-electron chi connectivity index (χ4n) is 4.35. The van der Waals surface area contributed by atoms with Crippen LogP contribution in [-0.2, 0) is 6.42 Å². The molecule has 3 rings (SSSR count). The molecule has 1 aromatic rings. The van der Waals surface area contributed by atoms with E-state index in [-0.39, 0.29) is 11.6 Å². The molecule has 1 saturated carbocycles. The van der Waals surface area contributed by atoms with Crippen molar-refractivity contribution in [2.45, 2.75) is 70.4 Å². The molecule has 0 radical (unpaired) electrons. The third-order valence-electron chi connectivity index (χ3n) is 5.83. The monoisotopic (exact) mass is 287 g/mol. The molecule has 1 atom stereocenters. The highest BCUT2D eigenvalue weighted by Crippen LogP contribution is 2.41. The Kier molecular flexibility index (Phi) is 4.37. The summed E-state index contributed by atoms with van der Waals surface area (Å²) in [7, 11) is 0. The molecule has 0 aromatic heterocycles. The first kappa shape index (κ1) is 15.1. The number of rotatable bonds is 4. The second kappa shape index (κ2) is 6.10. The van der Waals surface area contributed by atoms with Crippen LogP contribution in [0.4, 0.5) is 0 Å². The van der Waals surface area contributed by atoms with E-state index in [4.69, 9.17) is 0 Å². The lowest BCUT2D eigenvalue weighted by Crippen LogP contribution is -2.54. The van der Waals surface area contributed by atoms with E-state index in [1.807, 2.05) is 0 Å². The van der Waals surface area contributed by atoms with Gasteiger partial charge in [-0.25, -0.2) is 0 Å². The SMILES string of the molecule is Cc1ccc(CC(O)C2(N3CCCC3)CCCC2)cc1C. The Morgan fingerprint density at radius 3 is 2.33 bits per heavy atom. The zero-order valence-electron chi connectivity index (χ0n) is 13.6. The molecule has 2 aliphatic rings. The highest BCUT2D eigenvalue weighted by atomic mass is 16.3. The Morgan fingerprint density at radius 1 is 1.05 bits per heavy atom. The van der Waals surface area contributed by atoms with Gasteiger partial charge in [0.25, 0.3) is 0 Å². The van der Waals surface area contributed by atoms with Gasteiger partial charge in [0.05, 0.1) is 6.10 Å². The molecule has 2 heteroatoms. The largest absolute Gasteiger partial charge is 0.391 e. The van der Waals surface area contributed by atoms with Crippen molar-refractivity contribution in [3.05, 3.63) is 34.9 Å². The van der Waals surface area contributed by atoms with Crippen LogP contribution < -0.4 is 0 Å². The molecule has 1 aromatic carbocycles. The first-order valence-corrected chi connectivity index (χ1v) is 8.61. The Hall–Kier alpha value is -0.860. The van der Waals surface area contributed by atoms with E-state index in [9.17, 15) is 5.11 Å². The van der Waals surface area contributed by atoms with E-state index in [0.29, 0.717) is 0 Å². The number of aliphatic hydroxyl groups excluding tert-OH is 1. The van der Waals surface area contributed by atoms with Crippen LogP contribution in [0.25, 0.3) is 0 Å². The van der Waals surface area contributed by atoms with Gasteiger partial charge in [-0.2, -0.15) is 0 Å². The lowest BCUT2D eigenvalue weighted by atomic mass is 9.84. The third kappa shape index (κ3) is 2.89. The molecule has 21 heavy (non-hydrogen) atoms. The second-order valence-corrected chi connectivity index (χ2v) is 7.14. The molecule has 2 nitrogen and oxygen atoms in total. The summed E-state index contributed by atoms with van der Waals surface area (Å²) in [5.41, 5.74) is 4.02. The maximum Gasteiger partial charge on any atom is 0.0764 e. The second-order valence-electron chi connectivity index (χ2n) is 7.14. The van der Waals surface area contributed by atoms with Gasteiger partial charge in [-0.3, -0.25) is 4.90 Å². The first-order valence-electron chi connectivity index (χ1n) is 8.61. The van der Waals surface area contributed by atoms with Crippen LogP contribution >= 0.6 is 0 Å². The van der Waals surface area contributed by atoms with Crippen molar-refractivity contribution in [1.29, 1.82) is 0 Å². The molecule has 1 aliphatic carbocycles. The molecule has 1 unspecified atom stereocenters. The number of nitrogens with zero attached hydrogens (tertiary/aromatic N) is 1. The van der Waals surface area contributed by atoms with Crippen LogP contribution in [0.3, 0.4) is 0 Å². The van der Waals surface area contributed by atoms with Crippen LogP contribution in [0, 0.1) is 13.8 Å². The molecule has 0 bridgehead atoms. The maximum atomic E-state index is 11.0. The quantitative estimate of drug-likeness (QED) is 0.914. The number of hydrogen-bond donors (Lipinski definition) is 1. The zero-order chi connectivity index (χ0) is 14.9. The molecule has 116 valence electrons. The molecular weight excluding hydrogens is 258 g/mol. The van der Waals surface area contributed by atoms with E-state index < -0.39 is 0 Å². The van der Waals surface area contributed by atoms with Crippen LogP contribution in [0.5, 0.6) is 0 Å². The number of aryl methyl sites for hydroxylation is 2. The number of benzene rings is 1. The van der Waals surface area contributed by atoms with Gasteiger partial charge in [0, 0.05) is 12.0 Å². The fourth-order valence-corrected chi connectivity index (χ4v) is 4.35. The van der Waals surface area contributed by atoms with Gasteiger partial charge in [-0.15, -0.1) is 0 Å². The van der Waals surface area contributed by atoms with Gasteiger partial charge < -0.3 is 5.11 Å². The average molecular weight is 287 g/mol. The maximum absolute atomic E-state index is 11.0. The highest BCUT2D eigenvalue weighted by molar-refractivity contribution is 5.30. The van der Waals surface area contributed by atoms with Gasteiger partial charge in [0.2, 0.25) is 0 Å². The summed E-state index contributed by atoms with van der Waals surface area (Å²) in [5, 5.41) is 11.0. The summed E-state index contributed by atoms with van der Waals surface area (Å²) in [5.74, 6) is 0. The van der Waals surface area contributed by atoms with Crippen LogP contribution in [0.15, 0.2) is 18.2 Å². The molecule has 1 saturated heterocycles. The van der Waals surface area contributed by atoms with Gasteiger partial charge in [-0.1, -0.05) is 31.0 Å². The van der Waals surface area contributed by atoms with Crippen molar-refractivity contribution >= 4 is 0 Å². The Morgan fingerprint density at radius 2 is 1.71 bits per heavy atom. The highest BCUT2D eigenvalue weighted by Gasteiger charge is 2.45. The van der Waals surface area contributed by atoms with Crippen molar-refractivity contribution < 1.29 is 5.11 Å². The minimum Gasteiger partial charge on any atom is -0.391 e.